The molecule has 36 heteroatoms. The van der Waals surface area contributed by atoms with Crippen LogP contribution in [0.15, 0.2) is 143 Å². The first-order valence-electron chi connectivity index (χ1n) is 35.1. The van der Waals surface area contributed by atoms with Gasteiger partial charge in [-0.1, -0.05) is 12.1 Å². The van der Waals surface area contributed by atoms with Crippen LogP contribution in [-0.4, -0.2) is 158 Å². The van der Waals surface area contributed by atoms with E-state index in [0.717, 1.165) is 61.9 Å². The summed E-state index contributed by atoms with van der Waals surface area (Å²) >= 11 is 0. The fourth-order valence-electron chi connectivity index (χ4n) is 12.8. The lowest BCUT2D eigenvalue weighted by atomic mass is 10.1. The number of oxazole rings is 2. The van der Waals surface area contributed by atoms with Crippen LogP contribution in [0, 0.1) is 13.8 Å². The van der Waals surface area contributed by atoms with Gasteiger partial charge >= 0.3 is 12.5 Å². The predicted molar refractivity (Wildman–Crippen MR) is 403 cm³/mol. The van der Waals surface area contributed by atoms with E-state index in [1.165, 1.54) is 45.5 Å². The van der Waals surface area contributed by atoms with Gasteiger partial charge in [-0.05, 0) is 108 Å². The first-order valence-corrected chi connectivity index (χ1v) is 35.1. The number of carbonyl (C=O) groups excluding carboxylic acids is 3. The summed E-state index contributed by atoms with van der Waals surface area (Å²) in [6.07, 6.45) is 1.23. The number of hydrogen-bond donors (Lipinski definition) is 9. The van der Waals surface area contributed by atoms with E-state index < -0.39 is 35.7 Å². The lowest BCUT2D eigenvalue weighted by Gasteiger charge is -2.23. The van der Waals surface area contributed by atoms with Crippen molar-refractivity contribution in [1.82, 2.24) is 75.8 Å². The highest BCUT2D eigenvalue weighted by atomic mass is 19.4. The van der Waals surface area contributed by atoms with Crippen molar-refractivity contribution in [2.75, 3.05) is 77.7 Å². The molecule has 16 rings (SSSR count). The highest BCUT2D eigenvalue weighted by molar-refractivity contribution is 6.02. The van der Waals surface area contributed by atoms with E-state index in [-0.39, 0.29) is 64.3 Å². The molecule has 0 radical (unpaired) electrons. The van der Waals surface area contributed by atoms with Crippen LogP contribution in [-0.2, 0) is 15.7 Å². The topological polar surface area (TPSA) is 378 Å². The van der Waals surface area contributed by atoms with Crippen LogP contribution in [0.5, 0.6) is 29.1 Å². The molecule has 9 aromatic heterocycles. The molecule has 3 amide bonds. The van der Waals surface area contributed by atoms with Gasteiger partial charge in [0.2, 0.25) is 35.5 Å². The number of rotatable bonds is 19. The minimum atomic E-state index is -5.00. The maximum absolute atomic E-state index is 14.0. The van der Waals surface area contributed by atoms with Gasteiger partial charge < -0.3 is 88.8 Å². The summed E-state index contributed by atoms with van der Waals surface area (Å²) in [6.45, 7) is 5.65. The molecule has 2 aliphatic heterocycles. The Morgan fingerprint density at radius 1 is 0.460 bits per heavy atom. The third kappa shape index (κ3) is 17.1. The average Bonchev–Trinajstić information content (AvgIpc) is 1.63. The third-order valence-electron chi connectivity index (χ3n) is 18.1. The fourth-order valence-corrected chi connectivity index (χ4v) is 12.8. The number of fused-ring (bicyclic) bond motifs is 5. The summed E-state index contributed by atoms with van der Waals surface area (Å²) in [5.41, 5.74) is 8.53. The SMILES string of the molecule is CNC(=O)c1ccc(Nc2nc(OC)c3c(-c4ccncc4)c[nH]c3n2)c(OC)c1.CNC(=O)c1ccc(Nc2nc(OC3CCOCC3)c3c(-c4ccc5nc(C)oc5c4)c[nH]c3n2)c(C(F)(F)F)c1.CNC(=O)c1ccc(Nc2nc(OC3CCOCC3)c3c(-c4ccc5nc(C)oc5c4)c[nH]c3n2)c(OC(F)(F)F)c1. The number of aromatic nitrogens is 12. The van der Waals surface area contributed by atoms with Gasteiger partial charge in [-0.3, -0.25) is 19.4 Å². The minimum absolute atomic E-state index is 0.0184. The average molecular weight is 1550 g/mol. The number of aryl methyl sites for hydroxylation is 2. The molecule has 582 valence electrons. The van der Waals surface area contributed by atoms with Gasteiger partial charge in [0.15, 0.2) is 28.7 Å². The Balaban J connectivity index is 0.000000143. The van der Waals surface area contributed by atoms with Gasteiger partial charge in [-0.2, -0.15) is 43.1 Å². The molecular weight excluding hydrogens is 1480 g/mol. The van der Waals surface area contributed by atoms with Crippen molar-refractivity contribution in [1.29, 1.82) is 0 Å². The number of anilines is 6. The number of hydrogen-bond acceptors (Lipinski definition) is 24. The van der Waals surface area contributed by atoms with E-state index >= 15 is 0 Å². The summed E-state index contributed by atoms with van der Waals surface area (Å²) < 4.78 is 132. The second kappa shape index (κ2) is 32.5. The van der Waals surface area contributed by atoms with Crippen molar-refractivity contribution >= 4 is 108 Å². The summed E-state index contributed by atoms with van der Waals surface area (Å²) in [5, 5.41) is 17.8. The third-order valence-corrected chi connectivity index (χ3v) is 18.1. The quantitative estimate of drug-likeness (QED) is 0.0340. The van der Waals surface area contributed by atoms with Gasteiger partial charge in [-0.15, -0.1) is 13.2 Å². The molecule has 0 spiro atoms. The number of nitrogens with one attached hydrogen (secondary N) is 9. The maximum Gasteiger partial charge on any atom is 0.573 e. The highest BCUT2D eigenvalue weighted by Gasteiger charge is 2.36. The normalized spacial score (nSPS) is 13.4. The highest BCUT2D eigenvalue weighted by Crippen LogP contribution is 2.43. The molecule has 5 aromatic carbocycles. The molecule has 0 bridgehead atoms. The van der Waals surface area contributed by atoms with E-state index in [2.05, 4.69) is 96.4 Å². The Labute approximate surface area is 636 Å². The van der Waals surface area contributed by atoms with Crippen LogP contribution in [0.3, 0.4) is 0 Å². The number of amides is 3. The minimum Gasteiger partial charge on any atom is -0.495 e. The molecule has 11 heterocycles. The standard InChI is InChI=1S/C28H25F3N6O5.C28H25F3N6O4.C21H20N6O3/c1-14-34-19-5-3-15(11-21(19)40-14)18-13-33-24-23(18)26(41-17-7-9-39-10-8-17)37-27(36-24)35-20-6-4-16(25(38)32-2)12-22(20)42-28(29,30)31;1-14-34-21-6-3-15(12-22(21)40-14)18-13-33-24-23(18)26(41-17-7-9-39-10-8-17)37-27(36-24)35-20-5-4-16(25(38)32-2)11-19(20)28(29,30)31;1-22-19(28)13-4-5-15(16(10-13)29-2)25-21-26-18-17(20(27-21)30-3)14(11-24-18)12-6-8-23-9-7-12/h3-6,11-13,17H,7-10H2,1-2H3,(H,32,38)(H2,33,35,36,37);3-6,11-13,17H,7-10H2,1-2H3,(H,32,38)(H2,33,35,36,37);4-11H,1-3H3,(H,22,28)(H2,24,25,26,27). The zero-order chi connectivity index (χ0) is 79.2. The predicted octanol–water partition coefficient (Wildman–Crippen LogP) is 14.5. The number of carbonyl (C=O) groups is 3. The molecule has 0 saturated carbocycles. The van der Waals surface area contributed by atoms with Gasteiger partial charge in [0.05, 0.1) is 79.4 Å². The molecule has 0 aliphatic carbocycles. The van der Waals surface area contributed by atoms with Crippen molar-refractivity contribution < 1.29 is 82.7 Å². The Hall–Kier alpha value is -13.6. The Bertz CT molecular complexity index is 5860. The van der Waals surface area contributed by atoms with Crippen LogP contribution in [0.2, 0.25) is 0 Å². The van der Waals surface area contributed by atoms with Crippen molar-refractivity contribution in [3.63, 3.8) is 0 Å². The molecule has 0 atom stereocenters. The van der Waals surface area contributed by atoms with Crippen LogP contribution in [0.25, 0.3) is 88.7 Å². The Morgan fingerprint density at radius 3 is 1.30 bits per heavy atom. The van der Waals surface area contributed by atoms with Crippen LogP contribution in [0.4, 0.5) is 61.2 Å². The van der Waals surface area contributed by atoms with Gasteiger partial charge in [0.1, 0.15) is 45.9 Å². The molecule has 2 aliphatic rings. The molecule has 0 unspecified atom stereocenters. The fraction of sp³-hybridized carbons (Fsp3) is 0.247. The Kier molecular flexibility index (Phi) is 21.9. The summed E-state index contributed by atoms with van der Waals surface area (Å²) in [6, 6.07) is 27.0. The number of nitrogens with zero attached hydrogens (tertiary/aromatic N) is 9. The van der Waals surface area contributed by atoms with E-state index in [1.54, 1.807) is 71.0 Å². The number of pyridine rings is 1. The van der Waals surface area contributed by atoms with E-state index in [0.29, 0.717) is 132 Å². The smallest absolute Gasteiger partial charge is 0.495 e. The van der Waals surface area contributed by atoms with E-state index in [9.17, 15) is 40.7 Å². The second-order valence-corrected chi connectivity index (χ2v) is 25.5. The number of alkyl halides is 6. The van der Waals surface area contributed by atoms with Gasteiger partial charge in [0.25, 0.3) is 17.7 Å². The number of halogens is 6. The largest absolute Gasteiger partial charge is 0.573 e. The van der Waals surface area contributed by atoms with E-state index in [1.807, 2.05) is 54.7 Å². The summed E-state index contributed by atoms with van der Waals surface area (Å²) in [5.74, 6) is 0.599. The monoisotopic (exact) mass is 1550 g/mol. The van der Waals surface area contributed by atoms with E-state index in [4.69, 9.17) is 37.3 Å². The number of ether oxygens (including phenoxy) is 7. The number of aromatic amines is 3. The zero-order valence-electron chi connectivity index (χ0n) is 61.2. The molecular formula is C77H70F6N18O12. The number of methoxy groups -OCH3 is 2. The molecule has 113 heavy (non-hydrogen) atoms. The summed E-state index contributed by atoms with van der Waals surface area (Å²) in [7, 11) is 7.39. The summed E-state index contributed by atoms with van der Waals surface area (Å²) in [4.78, 5) is 85.2. The molecule has 14 aromatic rings. The molecule has 9 N–H and O–H groups in total. The second-order valence-electron chi connectivity index (χ2n) is 25.5. The van der Waals surface area contributed by atoms with Crippen molar-refractivity contribution in [2.24, 2.45) is 0 Å². The number of H-pyrrole nitrogens is 3. The van der Waals surface area contributed by atoms with Crippen LogP contribution < -0.4 is 55.6 Å². The zero-order valence-corrected chi connectivity index (χ0v) is 61.2. The first-order chi connectivity index (χ1) is 54.5. The lowest BCUT2D eigenvalue weighted by Crippen LogP contribution is -2.26. The molecule has 2 fully saturated rings. The van der Waals surface area contributed by atoms with Crippen molar-refractivity contribution in [3.05, 3.63) is 168 Å². The Morgan fingerprint density at radius 2 is 0.867 bits per heavy atom. The lowest BCUT2D eigenvalue weighted by molar-refractivity contribution is -0.274. The van der Waals surface area contributed by atoms with Gasteiger partial charge in [-0.25, -0.2) is 9.97 Å². The molecule has 30 nitrogen and oxygen atoms in total. The number of benzene rings is 5. The van der Waals surface area contributed by atoms with Crippen molar-refractivity contribution in [3.8, 4) is 62.5 Å². The first kappa shape index (κ1) is 76.1. The molecule has 2 saturated heterocycles. The van der Waals surface area contributed by atoms with Crippen LogP contribution >= 0.6 is 0 Å². The van der Waals surface area contributed by atoms with Crippen LogP contribution in [0.1, 0.15) is 74.1 Å². The van der Waals surface area contributed by atoms with Gasteiger partial charge in [0, 0.05) is 125 Å². The van der Waals surface area contributed by atoms with Crippen molar-refractivity contribution in [2.45, 2.75) is 64.3 Å². The maximum atomic E-state index is 14.0.